The van der Waals surface area contributed by atoms with Gasteiger partial charge in [0.25, 0.3) is 0 Å². The molecule has 110 valence electrons. The van der Waals surface area contributed by atoms with Gasteiger partial charge in [-0.3, -0.25) is 4.79 Å². The Hall–Kier alpha value is -0.810. The van der Waals surface area contributed by atoms with Gasteiger partial charge in [0.05, 0.1) is 10.6 Å². The van der Waals surface area contributed by atoms with Gasteiger partial charge in [-0.15, -0.1) is 11.8 Å². The first-order chi connectivity index (χ1) is 9.47. The number of ketones is 1. The number of rotatable bonds is 5. The van der Waals surface area contributed by atoms with Crippen molar-refractivity contribution in [3.05, 3.63) is 24.3 Å². The van der Waals surface area contributed by atoms with Gasteiger partial charge in [-0.05, 0) is 37.1 Å². The highest BCUT2D eigenvalue weighted by molar-refractivity contribution is 8.00. The predicted molar refractivity (Wildman–Crippen MR) is 81.9 cm³/mol. The molecule has 1 aromatic rings. The lowest BCUT2D eigenvalue weighted by atomic mass is 9.87. The smallest absolute Gasteiger partial charge is 0.175 e. The maximum absolute atomic E-state index is 12.1. The van der Waals surface area contributed by atoms with Gasteiger partial charge in [0.1, 0.15) is 5.78 Å². The Kier molecular flexibility index (Phi) is 5.27. The van der Waals surface area contributed by atoms with E-state index in [1.165, 1.54) is 37.3 Å². The monoisotopic (exact) mass is 312 g/mol. The Bertz CT molecular complexity index is 555. The van der Waals surface area contributed by atoms with Gasteiger partial charge in [-0.25, -0.2) is 8.42 Å². The fourth-order valence-electron chi connectivity index (χ4n) is 2.48. The Labute approximate surface area is 125 Å². The van der Waals surface area contributed by atoms with Crippen LogP contribution in [0.15, 0.2) is 34.1 Å². The maximum Gasteiger partial charge on any atom is 0.175 e. The minimum Gasteiger partial charge on any atom is -0.298 e. The zero-order valence-electron chi connectivity index (χ0n) is 11.7. The molecule has 1 aromatic carbocycles. The van der Waals surface area contributed by atoms with E-state index in [0.717, 1.165) is 17.7 Å². The van der Waals surface area contributed by atoms with E-state index < -0.39 is 9.84 Å². The summed E-state index contributed by atoms with van der Waals surface area (Å²) in [5.74, 6) is 1.07. The van der Waals surface area contributed by atoms with E-state index >= 15 is 0 Å². The molecule has 5 heteroatoms. The third kappa shape index (κ3) is 4.35. The van der Waals surface area contributed by atoms with Crippen LogP contribution in [-0.2, 0) is 14.6 Å². The van der Waals surface area contributed by atoms with E-state index in [4.69, 9.17) is 0 Å². The number of carbonyl (C=O) groups excluding carboxylic acids is 1. The molecule has 1 aliphatic rings. The predicted octanol–water partition coefficient (Wildman–Crippen LogP) is 3.33. The summed E-state index contributed by atoms with van der Waals surface area (Å²) in [6.07, 6.45) is 6.86. The molecule has 0 unspecified atom stereocenters. The molecule has 2 rings (SSSR count). The normalized spacial score (nSPS) is 17.1. The molecule has 0 atom stereocenters. The standard InChI is InChI=1S/C15H20O3S2/c1-20(17,18)14-9-7-13(8-10-14)19-11-15(16)12-5-3-2-4-6-12/h7-10,12H,2-6,11H2,1H3. The van der Waals surface area contributed by atoms with Crippen molar-refractivity contribution in [2.24, 2.45) is 5.92 Å². The quantitative estimate of drug-likeness (QED) is 0.783. The Balaban J connectivity index is 1.89. The topological polar surface area (TPSA) is 51.2 Å². The summed E-state index contributed by atoms with van der Waals surface area (Å²) in [6.45, 7) is 0. The number of Topliss-reactive ketones (excluding diaryl/α,β-unsaturated/α-hetero) is 1. The van der Waals surface area contributed by atoms with Gasteiger partial charge in [-0.1, -0.05) is 19.3 Å². The fraction of sp³-hybridized carbons (Fsp3) is 0.533. The molecular formula is C15H20O3S2. The van der Waals surface area contributed by atoms with Crippen LogP contribution in [0.1, 0.15) is 32.1 Å². The zero-order chi connectivity index (χ0) is 14.6. The van der Waals surface area contributed by atoms with Crippen LogP contribution in [0.5, 0.6) is 0 Å². The van der Waals surface area contributed by atoms with Crippen LogP contribution < -0.4 is 0 Å². The van der Waals surface area contributed by atoms with Gasteiger partial charge < -0.3 is 0 Å². The van der Waals surface area contributed by atoms with Crippen LogP contribution in [0.2, 0.25) is 0 Å². The summed E-state index contributed by atoms with van der Waals surface area (Å²) in [5, 5.41) is 0. The SMILES string of the molecule is CS(=O)(=O)c1ccc(SCC(=O)C2CCCCC2)cc1. The van der Waals surface area contributed by atoms with Crippen molar-refractivity contribution in [2.75, 3.05) is 12.0 Å². The molecule has 0 heterocycles. The molecule has 0 bridgehead atoms. The zero-order valence-corrected chi connectivity index (χ0v) is 13.3. The lowest BCUT2D eigenvalue weighted by molar-refractivity contribution is -0.121. The van der Waals surface area contributed by atoms with Crippen molar-refractivity contribution in [3.63, 3.8) is 0 Å². The molecular weight excluding hydrogens is 292 g/mol. The molecule has 0 aromatic heterocycles. The van der Waals surface area contributed by atoms with Crippen molar-refractivity contribution in [3.8, 4) is 0 Å². The summed E-state index contributed by atoms with van der Waals surface area (Å²) in [4.78, 5) is 13.3. The number of hydrogen-bond donors (Lipinski definition) is 0. The molecule has 20 heavy (non-hydrogen) atoms. The molecule has 3 nitrogen and oxygen atoms in total. The van der Waals surface area contributed by atoms with Gasteiger partial charge in [-0.2, -0.15) is 0 Å². The number of sulfone groups is 1. The maximum atomic E-state index is 12.1. The fourth-order valence-corrected chi connectivity index (χ4v) is 3.98. The van der Waals surface area contributed by atoms with E-state index in [9.17, 15) is 13.2 Å². The molecule has 0 amide bonds. The molecule has 0 aliphatic heterocycles. The van der Waals surface area contributed by atoms with Crippen LogP contribution in [0, 0.1) is 5.92 Å². The first-order valence-electron chi connectivity index (χ1n) is 6.92. The first-order valence-corrected chi connectivity index (χ1v) is 9.80. The molecule has 1 saturated carbocycles. The highest BCUT2D eigenvalue weighted by Gasteiger charge is 2.20. The van der Waals surface area contributed by atoms with E-state index in [-0.39, 0.29) is 5.92 Å². The van der Waals surface area contributed by atoms with Gasteiger partial charge >= 0.3 is 0 Å². The van der Waals surface area contributed by atoms with Gasteiger partial charge in [0.15, 0.2) is 9.84 Å². The minimum absolute atomic E-state index is 0.242. The van der Waals surface area contributed by atoms with E-state index in [2.05, 4.69) is 0 Å². The summed E-state index contributed by atoms with van der Waals surface area (Å²) < 4.78 is 22.7. The van der Waals surface area contributed by atoms with E-state index in [1.807, 2.05) is 0 Å². The number of hydrogen-bond acceptors (Lipinski definition) is 4. The van der Waals surface area contributed by atoms with Gasteiger partial charge in [0, 0.05) is 17.1 Å². The summed E-state index contributed by atoms with van der Waals surface area (Å²) in [5.41, 5.74) is 0. The number of carbonyl (C=O) groups is 1. The first kappa shape index (κ1) is 15.6. The third-order valence-corrected chi connectivity index (χ3v) is 5.86. The van der Waals surface area contributed by atoms with E-state index in [1.54, 1.807) is 24.3 Å². The van der Waals surface area contributed by atoms with Crippen LogP contribution in [0.4, 0.5) is 0 Å². The summed E-state index contributed by atoms with van der Waals surface area (Å²) in [7, 11) is -3.14. The Morgan fingerprint density at radius 2 is 1.75 bits per heavy atom. The molecule has 0 N–H and O–H groups in total. The molecule has 0 spiro atoms. The molecule has 0 radical (unpaired) electrons. The van der Waals surface area contributed by atoms with E-state index in [0.29, 0.717) is 16.4 Å². The average molecular weight is 312 g/mol. The van der Waals surface area contributed by atoms with Crippen molar-refractivity contribution in [1.82, 2.24) is 0 Å². The second kappa shape index (κ2) is 6.76. The van der Waals surface area contributed by atoms with Crippen molar-refractivity contribution in [2.45, 2.75) is 41.9 Å². The summed E-state index contributed by atoms with van der Waals surface area (Å²) >= 11 is 1.50. The third-order valence-electron chi connectivity index (χ3n) is 3.69. The summed E-state index contributed by atoms with van der Waals surface area (Å²) in [6, 6.07) is 6.75. The highest BCUT2D eigenvalue weighted by atomic mass is 32.2. The van der Waals surface area contributed by atoms with Crippen LogP contribution in [-0.4, -0.2) is 26.2 Å². The average Bonchev–Trinajstić information content (AvgIpc) is 2.45. The second-order valence-corrected chi connectivity index (χ2v) is 8.40. The van der Waals surface area contributed by atoms with Crippen LogP contribution >= 0.6 is 11.8 Å². The Morgan fingerprint density at radius 1 is 1.15 bits per heavy atom. The van der Waals surface area contributed by atoms with Crippen molar-refractivity contribution < 1.29 is 13.2 Å². The number of thioether (sulfide) groups is 1. The Morgan fingerprint density at radius 3 is 2.30 bits per heavy atom. The molecule has 1 aliphatic carbocycles. The second-order valence-electron chi connectivity index (χ2n) is 5.33. The highest BCUT2D eigenvalue weighted by Crippen LogP contribution is 2.27. The largest absolute Gasteiger partial charge is 0.298 e. The van der Waals surface area contributed by atoms with Gasteiger partial charge in [0.2, 0.25) is 0 Å². The van der Waals surface area contributed by atoms with Crippen LogP contribution in [0.25, 0.3) is 0 Å². The molecule has 0 saturated heterocycles. The molecule has 1 fully saturated rings. The lowest BCUT2D eigenvalue weighted by Crippen LogP contribution is -2.19. The van der Waals surface area contributed by atoms with Crippen molar-refractivity contribution in [1.29, 1.82) is 0 Å². The number of benzene rings is 1. The van der Waals surface area contributed by atoms with Crippen LogP contribution in [0.3, 0.4) is 0 Å². The van der Waals surface area contributed by atoms with Crippen molar-refractivity contribution >= 4 is 27.4 Å². The lowest BCUT2D eigenvalue weighted by Gasteiger charge is -2.19. The minimum atomic E-state index is -3.14.